The summed E-state index contributed by atoms with van der Waals surface area (Å²) < 4.78 is 20.0. The van der Waals surface area contributed by atoms with Crippen LogP contribution in [0, 0.1) is 5.82 Å². The molecular formula is C14H16FN3O2. The number of nitrogen functional groups attached to an aromatic ring is 1. The molecule has 0 aliphatic carbocycles. The minimum atomic E-state index is -0.499. The summed E-state index contributed by atoms with van der Waals surface area (Å²) in [5.41, 5.74) is 5.11. The van der Waals surface area contributed by atoms with Crippen LogP contribution in [0.5, 0.6) is 11.6 Å². The minimum absolute atomic E-state index is 0.0706. The van der Waals surface area contributed by atoms with E-state index >= 15 is 0 Å². The van der Waals surface area contributed by atoms with Crippen molar-refractivity contribution in [3.63, 3.8) is 0 Å². The van der Waals surface area contributed by atoms with E-state index in [1.807, 2.05) is 20.8 Å². The van der Waals surface area contributed by atoms with Gasteiger partial charge in [-0.05, 0) is 32.9 Å². The van der Waals surface area contributed by atoms with Crippen molar-refractivity contribution in [3.05, 3.63) is 46.8 Å². The van der Waals surface area contributed by atoms with Crippen molar-refractivity contribution in [2.24, 2.45) is 0 Å². The van der Waals surface area contributed by atoms with Crippen molar-refractivity contribution < 1.29 is 9.13 Å². The zero-order valence-corrected chi connectivity index (χ0v) is 11.6. The highest BCUT2D eigenvalue weighted by atomic mass is 19.1. The maximum Gasteiger partial charge on any atom is 0.314 e. The first-order valence-corrected chi connectivity index (χ1v) is 6.10. The number of anilines is 1. The highest BCUT2D eigenvalue weighted by molar-refractivity contribution is 5.53. The van der Waals surface area contributed by atoms with Crippen LogP contribution in [-0.4, -0.2) is 9.55 Å². The Morgan fingerprint density at radius 1 is 1.35 bits per heavy atom. The normalized spacial score (nSPS) is 11.4. The molecule has 5 nitrogen and oxygen atoms in total. The lowest BCUT2D eigenvalue weighted by atomic mass is 10.1. The summed E-state index contributed by atoms with van der Waals surface area (Å²) in [5, 5.41) is 0. The van der Waals surface area contributed by atoms with Gasteiger partial charge in [-0.15, -0.1) is 0 Å². The van der Waals surface area contributed by atoms with E-state index in [2.05, 4.69) is 4.98 Å². The molecule has 0 radical (unpaired) electrons. The molecule has 1 aromatic heterocycles. The molecule has 1 aromatic carbocycles. The average molecular weight is 277 g/mol. The van der Waals surface area contributed by atoms with Gasteiger partial charge in [0.2, 0.25) is 0 Å². The molecule has 0 saturated heterocycles. The fourth-order valence-corrected chi connectivity index (χ4v) is 1.69. The summed E-state index contributed by atoms with van der Waals surface area (Å²) in [5.74, 6) is -0.567. The summed E-state index contributed by atoms with van der Waals surface area (Å²) in [7, 11) is 0. The van der Waals surface area contributed by atoms with Crippen molar-refractivity contribution in [1.82, 2.24) is 9.55 Å². The van der Waals surface area contributed by atoms with E-state index in [0.29, 0.717) is 0 Å². The Bertz CT molecular complexity index is 690. The van der Waals surface area contributed by atoms with Gasteiger partial charge in [-0.1, -0.05) is 0 Å². The van der Waals surface area contributed by atoms with Crippen LogP contribution in [0.2, 0.25) is 0 Å². The van der Waals surface area contributed by atoms with Crippen molar-refractivity contribution in [2.75, 3.05) is 5.73 Å². The number of aromatic nitrogens is 2. The monoisotopic (exact) mass is 277 g/mol. The van der Waals surface area contributed by atoms with E-state index in [9.17, 15) is 9.18 Å². The van der Waals surface area contributed by atoms with Crippen LogP contribution in [0.25, 0.3) is 0 Å². The SMILES string of the molecule is CC(C)(C)n1ccnc(Oc2cc(F)ccc2N)c1=O. The maximum atomic E-state index is 13.2. The second-order valence-corrected chi connectivity index (χ2v) is 5.36. The molecule has 6 heteroatoms. The third-order valence-electron chi connectivity index (χ3n) is 2.71. The predicted molar refractivity (Wildman–Crippen MR) is 74.4 cm³/mol. The molecule has 1 heterocycles. The predicted octanol–water partition coefficient (Wildman–Crippen LogP) is 2.51. The van der Waals surface area contributed by atoms with Gasteiger partial charge in [-0.3, -0.25) is 4.79 Å². The van der Waals surface area contributed by atoms with Gasteiger partial charge in [-0.25, -0.2) is 9.37 Å². The number of ether oxygens (including phenoxy) is 1. The lowest BCUT2D eigenvalue weighted by molar-refractivity contribution is 0.363. The first kappa shape index (κ1) is 14.0. The number of rotatable bonds is 2. The van der Waals surface area contributed by atoms with E-state index in [-0.39, 0.29) is 17.3 Å². The summed E-state index contributed by atoms with van der Waals surface area (Å²) in [6.45, 7) is 5.65. The van der Waals surface area contributed by atoms with Gasteiger partial charge < -0.3 is 15.0 Å². The second kappa shape index (κ2) is 4.96. The van der Waals surface area contributed by atoms with Gasteiger partial charge in [0, 0.05) is 24.0 Å². The van der Waals surface area contributed by atoms with Gasteiger partial charge in [0.15, 0.2) is 5.75 Å². The Morgan fingerprint density at radius 3 is 2.70 bits per heavy atom. The average Bonchev–Trinajstić information content (AvgIpc) is 2.35. The summed E-state index contributed by atoms with van der Waals surface area (Å²) in [6.07, 6.45) is 3.03. The van der Waals surface area contributed by atoms with Gasteiger partial charge in [0.05, 0.1) is 5.69 Å². The van der Waals surface area contributed by atoms with Crippen LogP contribution in [0.4, 0.5) is 10.1 Å². The van der Waals surface area contributed by atoms with Gasteiger partial charge in [0.25, 0.3) is 5.88 Å². The quantitative estimate of drug-likeness (QED) is 0.856. The van der Waals surface area contributed by atoms with Crippen LogP contribution in [0.15, 0.2) is 35.4 Å². The van der Waals surface area contributed by atoms with E-state index in [0.717, 1.165) is 6.07 Å². The molecule has 0 unspecified atom stereocenters. The molecule has 0 spiro atoms. The van der Waals surface area contributed by atoms with Crippen LogP contribution in [-0.2, 0) is 5.54 Å². The molecule has 0 bridgehead atoms. The number of benzene rings is 1. The van der Waals surface area contributed by atoms with Crippen molar-refractivity contribution in [3.8, 4) is 11.6 Å². The molecule has 0 atom stereocenters. The van der Waals surface area contributed by atoms with Crippen LogP contribution in [0.1, 0.15) is 20.8 Å². The minimum Gasteiger partial charge on any atom is -0.432 e. The number of nitrogens with zero attached hydrogens (tertiary/aromatic N) is 2. The summed E-state index contributed by atoms with van der Waals surface area (Å²) in [4.78, 5) is 16.1. The Morgan fingerprint density at radius 2 is 2.05 bits per heavy atom. The molecule has 2 rings (SSSR count). The summed E-state index contributed by atoms with van der Waals surface area (Å²) in [6, 6.07) is 3.70. The van der Waals surface area contributed by atoms with Crippen molar-refractivity contribution >= 4 is 5.69 Å². The largest absolute Gasteiger partial charge is 0.432 e. The highest BCUT2D eigenvalue weighted by Crippen LogP contribution is 2.25. The summed E-state index contributed by atoms with van der Waals surface area (Å²) >= 11 is 0. The fraction of sp³-hybridized carbons (Fsp3) is 0.286. The number of hydrogen-bond donors (Lipinski definition) is 1. The molecule has 2 aromatic rings. The molecular weight excluding hydrogens is 261 g/mol. The van der Waals surface area contributed by atoms with E-state index in [4.69, 9.17) is 10.5 Å². The van der Waals surface area contributed by atoms with Crippen LogP contribution in [0.3, 0.4) is 0 Å². The Hall–Kier alpha value is -2.37. The van der Waals surface area contributed by atoms with Crippen LogP contribution >= 0.6 is 0 Å². The standard InChI is InChI=1S/C14H16FN3O2/c1-14(2,3)18-7-6-17-12(13(18)19)20-11-8-9(15)4-5-10(11)16/h4-8H,16H2,1-3H3. The molecule has 0 aliphatic rings. The fourth-order valence-electron chi connectivity index (χ4n) is 1.69. The first-order chi connectivity index (χ1) is 9.29. The Balaban J connectivity index is 2.45. The molecule has 0 amide bonds. The van der Waals surface area contributed by atoms with Crippen LogP contribution < -0.4 is 16.0 Å². The maximum absolute atomic E-state index is 13.2. The molecule has 106 valence electrons. The first-order valence-electron chi connectivity index (χ1n) is 6.10. The number of halogens is 1. The third kappa shape index (κ3) is 2.79. The smallest absolute Gasteiger partial charge is 0.314 e. The molecule has 0 saturated carbocycles. The zero-order valence-electron chi connectivity index (χ0n) is 11.6. The van der Waals surface area contributed by atoms with Gasteiger partial charge in [-0.2, -0.15) is 0 Å². The zero-order chi connectivity index (χ0) is 14.9. The highest BCUT2D eigenvalue weighted by Gasteiger charge is 2.18. The number of hydrogen-bond acceptors (Lipinski definition) is 4. The molecule has 20 heavy (non-hydrogen) atoms. The van der Waals surface area contributed by atoms with E-state index in [1.165, 1.54) is 22.9 Å². The Kier molecular flexibility index (Phi) is 3.48. The Labute approximate surface area is 115 Å². The van der Waals surface area contributed by atoms with E-state index in [1.54, 1.807) is 6.20 Å². The lowest BCUT2D eigenvalue weighted by Gasteiger charge is -2.22. The van der Waals surface area contributed by atoms with Gasteiger partial charge >= 0.3 is 5.56 Å². The van der Waals surface area contributed by atoms with Crippen molar-refractivity contribution in [2.45, 2.75) is 26.3 Å². The number of nitrogens with two attached hydrogens (primary N) is 1. The molecule has 0 aliphatic heterocycles. The molecule has 0 fully saturated rings. The third-order valence-corrected chi connectivity index (χ3v) is 2.71. The van der Waals surface area contributed by atoms with Crippen molar-refractivity contribution in [1.29, 1.82) is 0 Å². The molecule has 2 N–H and O–H groups in total. The lowest BCUT2D eigenvalue weighted by Crippen LogP contribution is -2.34. The second-order valence-electron chi connectivity index (χ2n) is 5.36. The van der Waals surface area contributed by atoms with Gasteiger partial charge in [0.1, 0.15) is 5.82 Å². The van der Waals surface area contributed by atoms with E-state index < -0.39 is 16.9 Å². The topological polar surface area (TPSA) is 70.1 Å².